The zero-order chi connectivity index (χ0) is 37.7. The summed E-state index contributed by atoms with van der Waals surface area (Å²) in [6.07, 6.45) is 1.88. The zero-order valence-electron chi connectivity index (χ0n) is 30.8. The highest BCUT2D eigenvalue weighted by atomic mass is 15.0. The molecule has 5 heteroatoms. The largest absolute Gasteiger partial charge is 0.309 e. The molecule has 0 aliphatic rings. The highest BCUT2D eigenvalue weighted by Crippen LogP contribution is 2.39. The second kappa shape index (κ2) is 13.5. The summed E-state index contributed by atoms with van der Waals surface area (Å²) in [7, 11) is 0. The first-order valence-electron chi connectivity index (χ1n) is 19.1. The standard InChI is InChI=1S/C52H33N5/c1-2-13-38(14-3-1)50-54-51(56-52(55-50)45-20-10-15-34-12-4-5-17-41(34)45)39-25-23-36(24-26-39)48-42(32-29-37-16-11-33-53-49(37)48)35-27-30-40(31-28-35)57-46-21-8-6-18-43(46)44-19-7-9-22-47(44)57/h1-33H. The molecule has 57 heavy (non-hydrogen) atoms. The maximum Gasteiger partial charge on any atom is 0.164 e. The minimum absolute atomic E-state index is 0.621. The van der Waals surface area contributed by atoms with Gasteiger partial charge in [-0.25, -0.2) is 15.0 Å². The van der Waals surface area contributed by atoms with Crippen LogP contribution in [0.3, 0.4) is 0 Å². The number of para-hydroxylation sites is 2. The molecule has 0 atom stereocenters. The maximum absolute atomic E-state index is 5.10. The Morgan fingerprint density at radius 3 is 1.63 bits per heavy atom. The van der Waals surface area contributed by atoms with E-state index in [1.807, 2.05) is 42.6 Å². The molecule has 0 unspecified atom stereocenters. The molecule has 3 heterocycles. The third-order valence-electron chi connectivity index (χ3n) is 10.9. The van der Waals surface area contributed by atoms with Gasteiger partial charge in [0.2, 0.25) is 0 Å². The summed E-state index contributed by atoms with van der Waals surface area (Å²) in [5.74, 6) is 1.90. The topological polar surface area (TPSA) is 56.5 Å². The van der Waals surface area contributed by atoms with E-state index in [0.717, 1.165) is 66.3 Å². The van der Waals surface area contributed by atoms with Crippen molar-refractivity contribution in [2.24, 2.45) is 0 Å². The van der Waals surface area contributed by atoms with E-state index in [-0.39, 0.29) is 0 Å². The third-order valence-corrected chi connectivity index (χ3v) is 10.9. The molecule has 8 aromatic carbocycles. The van der Waals surface area contributed by atoms with Crippen LogP contribution in [-0.2, 0) is 0 Å². The molecule has 11 rings (SSSR count). The van der Waals surface area contributed by atoms with Crippen molar-refractivity contribution >= 4 is 43.5 Å². The molecule has 0 spiro atoms. The summed E-state index contributed by atoms with van der Waals surface area (Å²) in [6.45, 7) is 0. The Balaban J connectivity index is 1.02. The normalized spacial score (nSPS) is 11.5. The van der Waals surface area contributed by atoms with Crippen molar-refractivity contribution in [2.75, 3.05) is 0 Å². The Morgan fingerprint density at radius 2 is 0.895 bits per heavy atom. The van der Waals surface area contributed by atoms with Crippen molar-refractivity contribution in [2.45, 2.75) is 0 Å². The Bertz CT molecular complexity index is 3220. The van der Waals surface area contributed by atoms with Crippen LogP contribution in [0.25, 0.3) is 106 Å². The van der Waals surface area contributed by atoms with E-state index < -0.39 is 0 Å². The fourth-order valence-electron chi connectivity index (χ4n) is 8.22. The summed E-state index contributed by atoms with van der Waals surface area (Å²) in [6, 6.07) is 68.0. The van der Waals surface area contributed by atoms with E-state index in [1.165, 1.54) is 21.8 Å². The van der Waals surface area contributed by atoms with Crippen LogP contribution in [-0.4, -0.2) is 24.5 Å². The zero-order valence-corrected chi connectivity index (χ0v) is 30.8. The van der Waals surface area contributed by atoms with Gasteiger partial charge in [-0.15, -0.1) is 0 Å². The van der Waals surface area contributed by atoms with Crippen molar-refractivity contribution in [3.63, 3.8) is 0 Å². The molecule has 0 amide bonds. The lowest BCUT2D eigenvalue weighted by Crippen LogP contribution is -2.00. The van der Waals surface area contributed by atoms with Crippen LogP contribution in [0.15, 0.2) is 200 Å². The molecule has 0 aliphatic carbocycles. The molecule has 5 nitrogen and oxygen atoms in total. The number of rotatable bonds is 6. The van der Waals surface area contributed by atoms with Gasteiger partial charge in [-0.2, -0.15) is 0 Å². The monoisotopic (exact) mass is 727 g/mol. The smallest absolute Gasteiger partial charge is 0.164 e. The van der Waals surface area contributed by atoms with Gasteiger partial charge in [-0.3, -0.25) is 4.98 Å². The van der Waals surface area contributed by atoms with Gasteiger partial charge in [-0.1, -0.05) is 164 Å². The van der Waals surface area contributed by atoms with Gasteiger partial charge in [0.25, 0.3) is 0 Å². The van der Waals surface area contributed by atoms with Crippen molar-refractivity contribution in [3.8, 4) is 62.1 Å². The average Bonchev–Trinajstić information content (AvgIpc) is 3.63. The number of hydrogen-bond donors (Lipinski definition) is 0. The molecule has 0 saturated heterocycles. The minimum atomic E-state index is 0.621. The summed E-state index contributed by atoms with van der Waals surface area (Å²) in [4.78, 5) is 20.1. The lowest BCUT2D eigenvalue weighted by atomic mass is 9.91. The maximum atomic E-state index is 5.10. The van der Waals surface area contributed by atoms with Crippen LogP contribution in [0.4, 0.5) is 0 Å². The quantitative estimate of drug-likeness (QED) is 0.171. The van der Waals surface area contributed by atoms with Gasteiger partial charge in [0.15, 0.2) is 17.5 Å². The number of nitrogens with zero attached hydrogens (tertiary/aromatic N) is 5. The van der Waals surface area contributed by atoms with Crippen LogP contribution in [0, 0.1) is 0 Å². The highest BCUT2D eigenvalue weighted by Gasteiger charge is 2.18. The molecule has 3 aromatic heterocycles. The highest BCUT2D eigenvalue weighted by molar-refractivity contribution is 6.09. The van der Waals surface area contributed by atoms with Gasteiger partial charge in [0.05, 0.1) is 16.6 Å². The van der Waals surface area contributed by atoms with Gasteiger partial charge in [0, 0.05) is 50.3 Å². The van der Waals surface area contributed by atoms with Crippen LogP contribution < -0.4 is 0 Å². The van der Waals surface area contributed by atoms with Gasteiger partial charge in [0.1, 0.15) is 0 Å². The fraction of sp³-hybridized carbons (Fsp3) is 0. The molecule has 0 aliphatic heterocycles. The Kier molecular flexibility index (Phi) is 7.74. The summed E-state index contributed by atoms with van der Waals surface area (Å²) < 4.78 is 2.35. The summed E-state index contributed by atoms with van der Waals surface area (Å²) in [5.41, 5.74) is 11.7. The van der Waals surface area contributed by atoms with Crippen molar-refractivity contribution in [1.82, 2.24) is 24.5 Å². The van der Waals surface area contributed by atoms with Gasteiger partial charge >= 0.3 is 0 Å². The predicted octanol–water partition coefficient (Wildman–Crippen LogP) is 13.0. The number of fused-ring (bicyclic) bond motifs is 5. The molecule has 0 fully saturated rings. The molecule has 0 N–H and O–H groups in total. The van der Waals surface area contributed by atoms with E-state index in [4.69, 9.17) is 19.9 Å². The first-order chi connectivity index (χ1) is 28.3. The van der Waals surface area contributed by atoms with Crippen LogP contribution >= 0.6 is 0 Å². The summed E-state index contributed by atoms with van der Waals surface area (Å²) in [5, 5.41) is 5.84. The SMILES string of the molecule is c1ccc(-c2nc(-c3ccc(-c4c(-c5ccc(-n6c7ccccc7c7ccccc76)cc5)ccc5cccnc45)cc3)nc(-c3cccc4ccccc34)n2)cc1. The minimum Gasteiger partial charge on any atom is -0.309 e. The Morgan fingerprint density at radius 1 is 0.333 bits per heavy atom. The number of aromatic nitrogens is 5. The van der Waals surface area contributed by atoms with Gasteiger partial charge in [-0.05, 0) is 57.8 Å². The Hall–Kier alpha value is -7.76. The first kappa shape index (κ1) is 32.7. The first-order valence-corrected chi connectivity index (χ1v) is 19.1. The van der Waals surface area contributed by atoms with Gasteiger partial charge < -0.3 is 4.57 Å². The molecule has 11 aromatic rings. The number of hydrogen-bond acceptors (Lipinski definition) is 4. The van der Waals surface area contributed by atoms with E-state index in [1.54, 1.807) is 0 Å². The van der Waals surface area contributed by atoms with E-state index >= 15 is 0 Å². The lowest BCUT2D eigenvalue weighted by Gasteiger charge is -2.15. The van der Waals surface area contributed by atoms with Crippen molar-refractivity contribution in [3.05, 3.63) is 200 Å². The average molecular weight is 728 g/mol. The number of benzene rings is 8. The molecule has 0 radical (unpaired) electrons. The second-order valence-corrected chi connectivity index (χ2v) is 14.3. The van der Waals surface area contributed by atoms with Crippen LogP contribution in [0.2, 0.25) is 0 Å². The Labute approximate surface area is 329 Å². The van der Waals surface area contributed by atoms with E-state index in [0.29, 0.717) is 17.5 Å². The van der Waals surface area contributed by atoms with Crippen molar-refractivity contribution in [1.29, 1.82) is 0 Å². The molecule has 266 valence electrons. The van der Waals surface area contributed by atoms with Crippen LogP contribution in [0.1, 0.15) is 0 Å². The fourth-order valence-corrected chi connectivity index (χ4v) is 8.22. The lowest BCUT2D eigenvalue weighted by molar-refractivity contribution is 1.08. The number of pyridine rings is 1. The molecular weight excluding hydrogens is 695 g/mol. The predicted molar refractivity (Wildman–Crippen MR) is 234 cm³/mol. The van der Waals surface area contributed by atoms with E-state index in [2.05, 4.69) is 162 Å². The van der Waals surface area contributed by atoms with Crippen molar-refractivity contribution < 1.29 is 0 Å². The second-order valence-electron chi connectivity index (χ2n) is 14.3. The summed E-state index contributed by atoms with van der Waals surface area (Å²) >= 11 is 0. The molecular formula is C52H33N5. The van der Waals surface area contributed by atoms with E-state index in [9.17, 15) is 0 Å². The molecule has 0 saturated carbocycles. The molecule has 0 bridgehead atoms. The van der Waals surface area contributed by atoms with Crippen LogP contribution in [0.5, 0.6) is 0 Å². The third kappa shape index (κ3) is 5.64.